The summed E-state index contributed by atoms with van der Waals surface area (Å²) in [5, 5.41) is 3.48. The lowest BCUT2D eigenvalue weighted by atomic mass is 10.1. The van der Waals surface area contributed by atoms with Crippen LogP contribution < -0.4 is 5.32 Å². The van der Waals surface area contributed by atoms with Crippen molar-refractivity contribution in [3.05, 3.63) is 46.5 Å². The minimum Gasteiger partial charge on any atom is -0.310 e. The van der Waals surface area contributed by atoms with E-state index in [9.17, 15) is 0 Å². The molecule has 0 unspecified atom stereocenters. The van der Waals surface area contributed by atoms with Crippen molar-refractivity contribution in [1.82, 2.24) is 5.32 Å². The fourth-order valence-corrected chi connectivity index (χ4v) is 2.07. The van der Waals surface area contributed by atoms with Crippen molar-refractivity contribution in [2.75, 3.05) is 6.54 Å². The van der Waals surface area contributed by atoms with Gasteiger partial charge in [-0.2, -0.15) is 0 Å². The quantitative estimate of drug-likeness (QED) is 0.794. The summed E-state index contributed by atoms with van der Waals surface area (Å²) in [6, 6.07) is 8.69. The molecule has 0 aromatic heterocycles. The fourth-order valence-electron chi connectivity index (χ4n) is 1.44. The van der Waals surface area contributed by atoms with Crippen molar-refractivity contribution in [3.8, 4) is 0 Å². The third kappa shape index (κ3) is 4.18. The molecule has 1 nitrogen and oxygen atoms in total. The Kier molecular flexibility index (Phi) is 5.06. The normalized spacial score (nSPS) is 12.5. The molecule has 0 amide bonds. The Labute approximate surface area is 101 Å². The summed E-state index contributed by atoms with van der Waals surface area (Å²) >= 11 is 3.56. The van der Waals surface area contributed by atoms with Crippen LogP contribution in [-0.4, -0.2) is 6.54 Å². The molecule has 2 heteroatoms. The molecule has 0 saturated heterocycles. The number of benzene rings is 1. The molecular formula is C13H18BrN. The number of nitrogens with one attached hydrogen (secondary N) is 1. The summed E-state index contributed by atoms with van der Waals surface area (Å²) in [7, 11) is 0. The van der Waals surface area contributed by atoms with Gasteiger partial charge in [-0.15, -0.1) is 6.58 Å². The molecule has 82 valence electrons. The smallest absolute Gasteiger partial charge is 0.0303 e. The highest BCUT2D eigenvalue weighted by Crippen LogP contribution is 2.22. The van der Waals surface area contributed by atoms with Crippen molar-refractivity contribution in [1.29, 1.82) is 0 Å². The topological polar surface area (TPSA) is 12.0 Å². The molecule has 0 spiro atoms. The SMILES string of the molecule is C=C(C)CCN[C@H](C)c1ccccc1Br. The van der Waals surface area contributed by atoms with E-state index in [4.69, 9.17) is 0 Å². The van der Waals surface area contributed by atoms with Crippen LogP contribution in [0, 0.1) is 0 Å². The molecule has 0 bridgehead atoms. The average molecular weight is 268 g/mol. The fraction of sp³-hybridized carbons (Fsp3) is 0.385. The van der Waals surface area contributed by atoms with Crippen LogP contribution in [0.2, 0.25) is 0 Å². The summed E-state index contributed by atoms with van der Waals surface area (Å²) in [4.78, 5) is 0. The van der Waals surface area contributed by atoms with E-state index >= 15 is 0 Å². The Hall–Kier alpha value is -0.600. The highest BCUT2D eigenvalue weighted by Gasteiger charge is 2.06. The highest BCUT2D eigenvalue weighted by atomic mass is 79.9. The number of halogens is 1. The van der Waals surface area contributed by atoms with Gasteiger partial charge in [-0.05, 0) is 38.4 Å². The Morgan fingerprint density at radius 2 is 2.13 bits per heavy atom. The van der Waals surface area contributed by atoms with Gasteiger partial charge in [0, 0.05) is 10.5 Å². The number of hydrogen-bond acceptors (Lipinski definition) is 1. The first-order valence-corrected chi connectivity index (χ1v) is 6.02. The van der Waals surface area contributed by atoms with E-state index in [1.807, 2.05) is 6.07 Å². The summed E-state index contributed by atoms with van der Waals surface area (Å²) in [6.07, 6.45) is 1.04. The second-order valence-corrected chi connectivity index (χ2v) is 4.76. The molecule has 0 aliphatic rings. The third-order valence-corrected chi connectivity index (χ3v) is 3.10. The van der Waals surface area contributed by atoms with Crippen LogP contribution in [0.15, 0.2) is 40.9 Å². The van der Waals surface area contributed by atoms with Crippen molar-refractivity contribution in [3.63, 3.8) is 0 Å². The first-order valence-electron chi connectivity index (χ1n) is 5.23. The first kappa shape index (κ1) is 12.5. The zero-order valence-electron chi connectivity index (χ0n) is 9.39. The largest absolute Gasteiger partial charge is 0.310 e. The van der Waals surface area contributed by atoms with Crippen molar-refractivity contribution in [2.24, 2.45) is 0 Å². The van der Waals surface area contributed by atoms with Gasteiger partial charge in [0.05, 0.1) is 0 Å². The van der Waals surface area contributed by atoms with Gasteiger partial charge >= 0.3 is 0 Å². The maximum absolute atomic E-state index is 3.89. The van der Waals surface area contributed by atoms with Crippen LogP contribution in [0.3, 0.4) is 0 Å². The standard InChI is InChI=1S/C13H18BrN/c1-10(2)8-9-15-11(3)12-6-4-5-7-13(12)14/h4-7,11,15H,1,8-9H2,2-3H3/t11-/m1/s1. The van der Waals surface area contributed by atoms with Crippen molar-refractivity contribution in [2.45, 2.75) is 26.3 Å². The number of rotatable bonds is 5. The van der Waals surface area contributed by atoms with Crippen molar-refractivity contribution >= 4 is 15.9 Å². The van der Waals surface area contributed by atoms with Crippen LogP contribution in [0.25, 0.3) is 0 Å². The Morgan fingerprint density at radius 1 is 1.47 bits per heavy atom. The van der Waals surface area contributed by atoms with Gasteiger partial charge in [0.15, 0.2) is 0 Å². The lowest BCUT2D eigenvalue weighted by Crippen LogP contribution is -2.20. The molecule has 1 N–H and O–H groups in total. The van der Waals surface area contributed by atoms with Gasteiger partial charge in [-0.3, -0.25) is 0 Å². The lowest BCUT2D eigenvalue weighted by molar-refractivity contribution is 0.574. The molecule has 1 atom stereocenters. The molecule has 1 aromatic carbocycles. The van der Waals surface area contributed by atoms with Crippen LogP contribution in [-0.2, 0) is 0 Å². The highest BCUT2D eigenvalue weighted by molar-refractivity contribution is 9.10. The summed E-state index contributed by atoms with van der Waals surface area (Å²) in [5.74, 6) is 0. The number of hydrogen-bond donors (Lipinski definition) is 1. The molecular weight excluding hydrogens is 250 g/mol. The molecule has 0 saturated carbocycles. The lowest BCUT2D eigenvalue weighted by Gasteiger charge is -2.15. The van der Waals surface area contributed by atoms with Crippen molar-refractivity contribution < 1.29 is 0 Å². The van der Waals surface area contributed by atoms with E-state index in [1.165, 1.54) is 15.6 Å². The van der Waals surface area contributed by atoms with Gasteiger partial charge in [0.2, 0.25) is 0 Å². The van der Waals surface area contributed by atoms with Crippen LogP contribution in [0.1, 0.15) is 31.9 Å². The monoisotopic (exact) mass is 267 g/mol. The van der Waals surface area contributed by atoms with Crippen LogP contribution in [0.5, 0.6) is 0 Å². The minimum absolute atomic E-state index is 0.375. The third-order valence-electron chi connectivity index (χ3n) is 2.37. The van der Waals surface area contributed by atoms with Gasteiger partial charge < -0.3 is 5.32 Å². The summed E-state index contributed by atoms with van der Waals surface area (Å²) < 4.78 is 1.17. The molecule has 0 aliphatic heterocycles. The maximum atomic E-state index is 3.89. The molecule has 15 heavy (non-hydrogen) atoms. The van der Waals surface area contributed by atoms with Crippen LogP contribution in [0.4, 0.5) is 0 Å². The molecule has 1 aromatic rings. The van der Waals surface area contributed by atoms with Crippen LogP contribution >= 0.6 is 15.9 Å². The Bertz CT molecular complexity index is 333. The first-order chi connectivity index (χ1) is 7.11. The molecule has 0 heterocycles. The summed E-state index contributed by atoms with van der Waals surface area (Å²) in [5.41, 5.74) is 2.53. The molecule has 0 radical (unpaired) electrons. The predicted octanol–water partition coefficient (Wildman–Crippen LogP) is 4.07. The van der Waals surface area contributed by atoms with E-state index in [2.05, 4.69) is 59.9 Å². The van der Waals surface area contributed by atoms with E-state index in [0.717, 1.165) is 13.0 Å². The van der Waals surface area contributed by atoms with E-state index in [-0.39, 0.29) is 0 Å². The minimum atomic E-state index is 0.375. The predicted molar refractivity (Wildman–Crippen MR) is 70.0 cm³/mol. The average Bonchev–Trinajstić information content (AvgIpc) is 2.17. The zero-order valence-corrected chi connectivity index (χ0v) is 11.0. The zero-order chi connectivity index (χ0) is 11.3. The van der Waals surface area contributed by atoms with E-state index in [1.54, 1.807) is 0 Å². The molecule has 1 rings (SSSR count). The second-order valence-electron chi connectivity index (χ2n) is 3.90. The van der Waals surface area contributed by atoms with E-state index in [0.29, 0.717) is 6.04 Å². The van der Waals surface area contributed by atoms with E-state index < -0.39 is 0 Å². The molecule has 0 fully saturated rings. The maximum Gasteiger partial charge on any atom is 0.0303 e. The van der Waals surface area contributed by atoms with Gasteiger partial charge in [0.1, 0.15) is 0 Å². The second kappa shape index (κ2) is 6.09. The Morgan fingerprint density at radius 3 is 2.73 bits per heavy atom. The summed E-state index contributed by atoms with van der Waals surface area (Å²) in [6.45, 7) is 9.12. The van der Waals surface area contributed by atoms with Gasteiger partial charge in [-0.25, -0.2) is 0 Å². The molecule has 0 aliphatic carbocycles. The Balaban J connectivity index is 2.50. The van der Waals surface area contributed by atoms with Gasteiger partial charge in [-0.1, -0.05) is 39.7 Å². The van der Waals surface area contributed by atoms with Gasteiger partial charge in [0.25, 0.3) is 0 Å².